The molecule has 4 nitrogen and oxygen atoms in total. The maximum Gasteiger partial charge on any atom is 0.225 e. The quantitative estimate of drug-likeness (QED) is 0.738. The van der Waals surface area contributed by atoms with Crippen molar-refractivity contribution in [1.82, 2.24) is 9.97 Å². The lowest BCUT2D eigenvalue weighted by Crippen LogP contribution is -2.15. The summed E-state index contributed by atoms with van der Waals surface area (Å²) in [6.45, 7) is 4.10. The molecule has 122 valence electrons. The lowest BCUT2D eigenvalue weighted by Gasteiger charge is -2.20. The number of nitrogens with zero attached hydrogens (tertiary/aromatic N) is 3. The van der Waals surface area contributed by atoms with Crippen molar-refractivity contribution in [3.8, 4) is 0 Å². The topological polar surface area (TPSA) is 41.1 Å². The van der Waals surface area contributed by atoms with Crippen LogP contribution < -0.4 is 10.2 Å². The maximum absolute atomic E-state index is 4.68. The number of para-hydroxylation sites is 1. The van der Waals surface area contributed by atoms with Crippen molar-refractivity contribution in [2.24, 2.45) is 0 Å². The highest BCUT2D eigenvalue weighted by atomic mass is 15.2. The minimum Gasteiger partial charge on any atom is -0.348 e. The summed E-state index contributed by atoms with van der Waals surface area (Å²) in [4.78, 5) is 11.3. The fraction of sp³-hybridized carbons (Fsp3) is 0.200. The van der Waals surface area contributed by atoms with Crippen molar-refractivity contribution in [3.05, 3.63) is 78.0 Å². The van der Waals surface area contributed by atoms with Crippen LogP contribution >= 0.6 is 0 Å². The Morgan fingerprint density at radius 2 is 1.54 bits per heavy atom. The van der Waals surface area contributed by atoms with Crippen LogP contribution in [-0.4, -0.2) is 17.0 Å². The van der Waals surface area contributed by atoms with Gasteiger partial charge in [-0.1, -0.05) is 48.5 Å². The molecular weight excluding hydrogens is 296 g/mol. The first-order valence-corrected chi connectivity index (χ1v) is 8.09. The number of hydrogen-bond acceptors (Lipinski definition) is 4. The van der Waals surface area contributed by atoms with Crippen LogP contribution in [0.25, 0.3) is 0 Å². The first-order chi connectivity index (χ1) is 11.6. The summed E-state index contributed by atoms with van der Waals surface area (Å²) >= 11 is 0. The second-order valence-corrected chi connectivity index (χ2v) is 5.86. The molecule has 0 bridgehead atoms. The van der Waals surface area contributed by atoms with E-state index in [1.54, 1.807) is 0 Å². The standard InChI is InChI=1S/C20H22N4/c1-15-14-19(24(3)18-12-8-5-9-13-18)23-20(21-15)22-16(2)17-10-6-4-7-11-17/h4-14,16H,1-3H3,(H,21,22,23). The second kappa shape index (κ2) is 7.13. The molecule has 0 aliphatic heterocycles. The Morgan fingerprint density at radius 3 is 2.21 bits per heavy atom. The Hall–Kier alpha value is -2.88. The molecule has 0 aliphatic carbocycles. The van der Waals surface area contributed by atoms with E-state index in [0.717, 1.165) is 17.2 Å². The Labute approximate surface area is 143 Å². The Balaban J connectivity index is 1.84. The number of aromatic nitrogens is 2. The van der Waals surface area contributed by atoms with E-state index in [1.165, 1.54) is 5.56 Å². The van der Waals surface area contributed by atoms with Crippen molar-refractivity contribution < 1.29 is 0 Å². The molecule has 1 heterocycles. The molecule has 0 amide bonds. The predicted molar refractivity (Wildman–Crippen MR) is 99.8 cm³/mol. The molecule has 2 aromatic carbocycles. The van der Waals surface area contributed by atoms with E-state index in [9.17, 15) is 0 Å². The molecular formula is C20H22N4. The fourth-order valence-electron chi connectivity index (χ4n) is 2.59. The summed E-state index contributed by atoms with van der Waals surface area (Å²) in [5, 5.41) is 3.40. The number of hydrogen-bond donors (Lipinski definition) is 1. The van der Waals surface area contributed by atoms with Crippen molar-refractivity contribution in [3.63, 3.8) is 0 Å². The van der Waals surface area contributed by atoms with Gasteiger partial charge in [0.1, 0.15) is 5.82 Å². The second-order valence-electron chi connectivity index (χ2n) is 5.86. The third kappa shape index (κ3) is 3.71. The number of aryl methyl sites for hydroxylation is 1. The van der Waals surface area contributed by atoms with Crippen LogP contribution in [0.2, 0.25) is 0 Å². The summed E-state index contributed by atoms with van der Waals surface area (Å²) in [5.74, 6) is 1.51. The first kappa shape index (κ1) is 16.0. The SMILES string of the molecule is Cc1cc(N(C)c2ccccc2)nc(NC(C)c2ccccc2)n1. The van der Waals surface area contributed by atoms with E-state index in [4.69, 9.17) is 0 Å². The van der Waals surface area contributed by atoms with Crippen LogP contribution in [0.3, 0.4) is 0 Å². The average Bonchev–Trinajstić information content (AvgIpc) is 2.62. The maximum atomic E-state index is 4.68. The smallest absolute Gasteiger partial charge is 0.225 e. The van der Waals surface area contributed by atoms with Crippen LogP contribution in [0.1, 0.15) is 24.2 Å². The van der Waals surface area contributed by atoms with Gasteiger partial charge in [0.15, 0.2) is 0 Å². The molecule has 0 radical (unpaired) electrons. The van der Waals surface area contributed by atoms with Crippen molar-refractivity contribution in [2.45, 2.75) is 19.9 Å². The number of rotatable bonds is 5. The molecule has 3 rings (SSSR count). The fourth-order valence-corrected chi connectivity index (χ4v) is 2.59. The number of nitrogens with one attached hydrogen (secondary N) is 1. The third-order valence-electron chi connectivity index (χ3n) is 3.97. The molecule has 0 saturated heterocycles. The van der Waals surface area contributed by atoms with Crippen LogP contribution in [0.15, 0.2) is 66.7 Å². The molecule has 0 spiro atoms. The summed E-state index contributed by atoms with van der Waals surface area (Å²) < 4.78 is 0. The van der Waals surface area contributed by atoms with Gasteiger partial charge in [0.2, 0.25) is 5.95 Å². The summed E-state index contributed by atoms with van der Waals surface area (Å²) in [7, 11) is 2.02. The first-order valence-electron chi connectivity index (χ1n) is 8.09. The minimum atomic E-state index is 0.142. The zero-order valence-electron chi connectivity index (χ0n) is 14.3. The molecule has 0 saturated carbocycles. The average molecular weight is 318 g/mol. The lowest BCUT2D eigenvalue weighted by atomic mass is 10.1. The highest BCUT2D eigenvalue weighted by Gasteiger charge is 2.11. The zero-order chi connectivity index (χ0) is 16.9. The van der Waals surface area contributed by atoms with Gasteiger partial charge in [-0.25, -0.2) is 4.98 Å². The van der Waals surface area contributed by atoms with Crippen LogP contribution in [0.5, 0.6) is 0 Å². The third-order valence-corrected chi connectivity index (χ3v) is 3.97. The molecule has 1 unspecified atom stereocenters. The molecule has 1 atom stereocenters. The highest BCUT2D eigenvalue weighted by molar-refractivity contribution is 5.60. The lowest BCUT2D eigenvalue weighted by molar-refractivity contribution is 0.855. The summed E-state index contributed by atoms with van der Waals surface area (Å²) in [6.07, 6.45) is 0. The van der Waals surface area contributed by atoms with Crippen molar-refractivity contribution in [1.29, 1.82) is 0 Å². The van der Waals surface area contributed by atoms with Crippen LogP contribution in [0, 0.1) is 6.92 Å². The van der Waals surface area contributed by atoms with Gasteiger partial charge in [-0.15, -0.1) is 0 Å². The minimum absolute atomic E-state index is 0.142. The van der Waals surface area contributed by atoms with E-state index in [0.29, 0.717) is 5.95 Å². The summed E-state index contributed by atoms with van der Waals surface area (Å²) in [5.41, 5.74) is 3.24. The van der Waals surface area contributed by atoms with Gasteiger partial charge in [0.25, 0.3) is 0 Å². The molecule has 3 aromatic rings. The van der Waals surface area contributed by atoms with E-state index in [-0.39, 0.29) is 6.04 Å². The summed E-state index contributed by atoms with van der Waals surface area (Å²) in [6, 6.07) is 22.6. The van der Waals surface area contributed by atoms with E-state index in [1.807, 2.05) is 56.4 Å². The normalized spacial score (nSPS) is 11.8. The van der Waals surface area contributed by atoms with Gasteiger partial charge in [0.05, 0.1) is 6.04 Å². The molecule has 4 heteroatoms. The molecule has 1 aromatic heterocycles. The van der Waals surface area contributed by atoms with Crippen LogP contribution in [-0.2, 0) is 0 Å². The monoisotopic (exact) mass is 318 g/mol. The zero-order valence-corrected chi connectivity index (χ0v) is 14.3. The molecule has 0 fully saturated rings. The van der Waals surface area contributed by atoms with Gasteiger partial charge in [-0.05, 0) is 31.5 Å². The van der Waals surface area contributed by atoms with Gasteiger partial charge in [-0.2, -0.15) is 4.98 Å². The van der Waals surface area contributed by atoms with E-state index in [2.05, 4.69) is 51.4 Å². The Bertz CT molecular complexity index is 787. The number of benzene rings is 2. The van der Waals surface area contributed by atoms with Crippen molar-refractivity contribution in [2.75, 3.05) is 17.3 Å². The number of anilines is 3. The van der Waals surface area contributed by atoms with Gasteiger partial charge in [-0.3, -0.25) is 0 Å². The van der Waals surface area contributed by atoms with E-state index < -0.39 is 0 Å². The molecule has 24 heavy (non-hydrogen) atoms. The van der Waals surface area contributed by atoms with Crippen LogP contribution in [0.4, 0.5) is 17.5 Å². The van der Waals surface area contributed by atoms with E-state index >= 15 is 0 Å². The van der Waals surface area contributed by atoms with Gasteiger partial charge in [0, 0.05) is 24.5 Å². The molecule has 0 aliphatic rings. The predicted octanol–water partition coefficient (Wildman–Crippen LogP) is 4.73. The Morgan fingerprint density at radius 1 is 0.917 bits per heavy atom. The Kier molecular flexibility index (Phi) is 4.75. The molecule has 1 N–H and O–H groups in total. The van der Waals surface area contributed by atoms with Crippen molar-refractivity contribution >= 4 is 17.5 Å². The largest absolute Gasteiger partial charge is 0.348 e. The highest BCUT2D eigenvalue weighted by Crippen LogP contribution is 2.24. The van der Waals surface area contributed by atoms with Gasteiger partial charge < -0.3 is 10.2 Å². The van der Waals surface area contributed by atoms with Gasteiger partial charge >= 0.3 is 0 Å².